The minimum absolute atomic E-state index is 0.496. The Morgan fingerprint density at radius 2 is 2.21 bits per heavy atom. The molecule has 0 aliphatic rings. The first-order chi connectivity index (χ1) is 8.97. The van der Waals surface area contributed by atoms with Crippen LogP contribution in [0.15, 0.2) is 35.1 Å². The zero-order valence-corrected chi connectivity index (χ0v) is 12.9. The third-order valence-corrected chi connectivity index (χ3v) is 3.52. The molecule has 0 fully saturated rings. The van der Waals surface area contributed by atoms with Crippen LogP contribution in [0.1, 0.15) is 24.2 Å². The fourth-order valence-corrected chi connectivity index (χ4v) is 2.50. The van der Waals surface area contributed by atoms with Crippen LogP contribution in [-0.4, -0.2) is 21.9 Å². The van der Waals surface area contributed by atoms with Gasteiger partial charge in [-0.05, 0) is 25.1 Å². The van der Waals surface area contributed by atoms with Crippen molar-refractivity contribution < 1.29 is 5.11 Å². The average molecular weight is 324 g/mol. The summed E-state index contributed by atoms with van der Waals surface area (Å²) in [7, 11) is 3.92. The van der Waals surface area contributed by atoms with Crippen molar-refractivity contribution >= 4 is 21.6 Å². The zero-order valence-electron chi connectivity index (χ0n) is 11.3. The maximum atomic E-state index is 9.88. The van der Waals surface area contributed by atoms with E-state index in [1.54, 1.807) is 11.6 Å². The molecule has 0 bridgehead atoms. The van der Waals surface area contributed by atoms with Crippen molar-refractivity contribution in [3.8, 4) is 0 Å². The van der Waals surface area contributed by atoms with Crippen molar-refractivity contribution in [1.82, 2.24) is 9.78 Å². The standard InChI is InChI=1S/C14H18BrN3O/c1-10(19)13-6-12(15)4-5-14(13)17(2)8-11-7-16-18(3)9-11/h4-7,9-10,19H,8H2,1-3H3. The van der Waals surface area contributed by atoms with Gasteiger partial charge in [-0.25, -0.2) is 0 Å². The first-order valence-corrected chi connectivity index (χ1v) is 6.93. The number of halogens is 1. The number of hydrogen-bond acceptors (Lipinski definition) is 3. The molecule has 0 saturated carbocycles. The van der Waals surface area contributed by atoms with Gasteiger partial charge in [0.05, 0.1) is 12.3 Å². The molecule has 1 aromatic heterocycles. The van der Waals surface area contributed by atoms with E-state index in [9.17, 15) is 5.11 Å². The molecule has 1 unspecified atom stereocenters. The van der Waals surface area contributed by atoms with E-state index in [2.05, 4.69) is 25.9 Å². The van der Waals surface area contributed by atoms with Gasteiger partial charge in [-0.15, -0.1) is 0 Å². The van der Waals surface area contributed by atoms with Crippen LogP contribution >= 0.6 is 15.9 Å². The lowest BCUT2D eigenvalue weighted by Crippen LogP contribution is -2.18. The lowest BCUT2D eigenvalue weighted by Gasteiger charge is -2.23. The van der Waals surface area contributed by atoms with E-state index in [-0.39, 0.29) is 0 Å². The van der Waals surface area contributed by atoms with Crippen molar-refractivity contribution in [3.63, 3.8) is 0 Å². The summed E-state index contributed by atoms with van der Waals surface area (Å²) in [6, 6.07) is 5.96. The highest BCUT2D eigenvalue weighted by Crippen LogP contribution is 2.29. The second kappa shape index (κ2) is 5.75. The monoisotopic (exact) mass is 323 g/mol. The second-order valence-corrected chi connectivity index (χ2v) is 5.67. The normalized spacial score (nSPS) is 12.5. The highest BCUT2D eigenvalue weighted by Gasteiger charge is 2.13. The van der Waals surface area contributed by atoms with Gasteiger partial charge in [0.1, 0.15) is 0 Å². The predicted molar refractivity (Wildman–Crippen MR) is 80.1 cm³/mol. The number of aliphatic hydroxyl groups is 1. The van der Waals surface area contributed by atoms with E-state index in [0.717, 1.165) is 27.8 Å². The molecule has 0 aliphatic carbocycles. The van der Waals surface area contributed by atoms with E-state index in [1.807, 2.05) is 44.7 Å². The molecule has 1 aromatic carbocycles. The smallest absolute Gasteiger partial charge is 0.0782 e. The van der Waals surface area contributed by atoms with Gasteiger partial charge in [0.2, 0.25) is 0 Å². The Hall–Kier alpha value is -1.33. The summed E-state index contributed by atoms with van der Waals surface area (Å²) in [5.41, 5.74) is 3.09. The molecule has 0 radical (unpaired) electrons. The van der Waals surface area contributed by atoms with Crippen molar-refractivity contribution in [1.29, 1.82) is 0 Å². The maximum Gasteiger partial charge on any atom is 0.0782 e. The van der Waals surface area contributed by atoms with Crippen molar-refractivity contribution in [2.45, 2.75) is 19.6 Å². The van der Waals surface area contributed by atoms with Crippen LogP contribution in [0.25, 0.3) is 0 Å². The fraction of sp³-hybridized carbons (Fsp3) is 0.357. The highest BCUT2D eigenvalue weighted by atomic mass is 79.9. The second-order valence-electron chi connectivity index (χ2n) is 4.76. The largest absolute Gasteiger partial charge is 0.389 e. The van der Waals surface area contributed by atoms with Gasteiger partial charge in [0, 0.05) is 48.1 Å². The van der Waals surface area contributed by atoms with Crippen LogP contribution in [0.2, 0.25) is 0 Å². The lowest BCUT2D eigenvalue weighted by atomic mass is 10.1. The highest BCUT2D eigenvalue weighted by molar-refractivity contribution is 9.10. The number of rotatable bonds is 4. The molecule has 102 valence electrons. The molecule has 1 heterocycles. The van der Waals surface area contributed by atoms with E-state index in [0.29, 0.717) is 0 Å². The summed E-state index contributed by atoms with van der Waals surface area (Å²) < 4.78 is 2.77. The SMILES string of the molecule is CC(O)c1cc(Br)ccc1N(C)Cc1cnn(C)c1. The van der Waals surface area contributed by atoms with Gasteiger partial charge >= 0.3 is 0 Å². The number of aromatic nitrogens is 2. The Balaban J connectivity index is 2.25. The Morgan fingerprint density at radius 1 is 1.47 bits per heavy atom. The molecule has 5 heteroatoms. The molecule has 0 amide bonds. The third-order valence-electron chi connectivity index (χ3n) is 3.03. The molecular weight excluding hydrogens is 306 g/mol. The Morgan fingerprint density at radius 3 is 2.79 bits per heavy atom. The van der Waals surface area contributed by atoms with Gasteiger partial charge < -0.3 is 10.0 Å². The minimum Gasteiger partial charge on any atom is -0.389 e. The molecule has 19 heavy (non-hydrogen) atoms. The molecular formula is C14H18BrN3O. The summed E-state index contributed by atoms with van der Waals surface area (Å²) in [5.74, 6) is 0. The number of aryl methyl sites for hydroxylation is 1. The number of anilines is 1. The molecule has 0 aliphatic heterocycles. The molecule has 2 aromatic rings. The Labute approximate surface area is 121 Å². The van der Waals surface area contributed by atoms with E-state index in [1.165, 1.54) is 0 Å². The lowest BCUT2D eigenvalue weighted by molar-refractivity contribution is 0.199. The van der Waals surface area contributed by atoms with Crippen molar-refractivity contribution in [3.05, 3.63) is 46.2 Å². The van der Waals surface area contributed by atoms with E-state index in [4.69, 9.17) is 0 Å². The topological polar surface area (TPSA) is 41.3 Å². The van der Waals surface area contributed by atoms with Crippen molar-refractivity contribution in [2.75, 3.05) is 11.9 Å². The van der Waals surface area contributed by atoms with Crippen LogP contribution in [0, 0.1) is 0 Å². The number of nitrogens with zero attached hydrogens (tertiary/aromatic N) is 3. The van der Waals surface area contributed by atoms with E-state index >= 15 is 0 Å². The summed E-state index contributed by atoms with van der Waals surface area (Å²) in [6.45, 7) is 2.54. The summed E-state index contributed by atoms with van der Waals surface area (Å²) in [6.07, 6.45) is 3.36. The zero-order chi connectivity index (χ0) is 14.0. The average Bonchev–Trinajstić information content (AvgIpc) is 2.74. The third kappa shape index (κ3) is 3.36. The molecule has 2 rings (SSSR count). The Kier molecular flexibility index (Phi) is 4.27. The van der Waals surface area contributed by atoms with Gasteiger partial charge in [0.25, 0.3) is 0 Å². The quantitative estimate of drug-likeness (QED) is 0.940. The first-order valence-electron chi connectivity index (χ1n) is 6.13. The molecule has 0 spiro atoms. The number of benzene rings is 1. The molecule has 1 N–H and O–H groups in total. The van der Waals surface area contributed by atoms with Gasteiger partial charge in [-0.2, -0.15) is 5.10 Å². The molecule has 4 nitrogen and oxygen atoms in total. The van der Waals surface area contributed by atoms with Gasteiger partial charge in [0.15, 0.2) is 0 Å². The number of hydrogen-bond donors (Lipinski definition) is 1. The van der Waals surface area contributed by atoms with Crippen LogP contribution in [0.5, 0.6) is 0 Å². The minimum atomic E-state index is -0.496. The van der Waals surface area contributed by atoms with Crippen molar-refractivity contribution in [2.24, 2.45) is 7.05 Å². The molecule has 1 atom stereocenters. The number of aliphatic hydroxyl groups excluding tert-OH is 1. The van der Waals surface area contributed by atoms with Crippen LogP contribution < -0.4 is 4.90 Å². The van der Waals surface area contributed by atoms with Gasteiger partial charge in [-0.3, -0.25) is 4.68 Å². The predicted octanol–water partition coefficient (Wildman–Crippen LogP) is 2.87. The summed E-state index contributed by atoms with van der Waals surface area (Å²) in [5, 5.41) is 14.1. The summed E-state index contributed by atoms with van der Waals surface area (Å²) in [4.78, 5) is 2.12. The van der Waals surface area contributed by atoms with E-state index < -0.39 is 6.10 Å². The fourth-order valence-electron chi connectivity index (χ4n) is 2.12. The van der Waals surface area contributed by atoms with Gasteiger partial charge in [-0.1, -0.05) is 15.9 Å². The first kappa shape index (κ1) is 14.1. The van der Waals surface area contributed by atoms with Crippen LogP contribution in [0.3, 0.4) is 0 Å². The van der Waals surface area contributed by atoms with Crippen LogP contribution in [-0.2, 0) is 13.6 Å². The molecule has 0 saturated heterocycles. The Bertz CT molecular complexity index is 566. The summed E-state index contributed by atoms with van der Waals surface area (Å²) >= 11 is 3.44. The van der Waals surface area contributed by atoms with Crippen LogP contribution in [0.4, 0.5) is 5.69 Å². The maximum absolute atomic E-state index is 9.88.